The molecule has 0 unspecified atom stereocenters. The molecule has 0 heterocycles. The Kier molecular flexibility index (Phi) is 4.48. The van der Waals surface area contributed by atoms with Crippen molar-refractivity contribution in [2.45, 2.75) is 17.9 Å². The number of hydrogen-bond acceptors (Lipinski definition) is 4. The molecule has 0 amide bonds. The lowest BCUT2D eigenvalue weighted by Crippen LogP contribution is -2.31. The molecule has 0 radical (unpaired) electrons. The molecular weight excluding hydrogens is 315 g/mol. The summed E-state index contributed by atoms with van der Waals surface area (Å²) in [5.74, 6) is -0.642. The van der Waals surface area contributed by atoms with E-state index < -0.39 is 21.9 Å². The zero-order valence-electron chi connectivity index (χ0n) is 8.94. The third-order valence-corrected chi connectivity index (χ3v) is 4.00. The number of nitrogens with two attached hydrogens (primary N) is 1. The maximum Gasteiger partial charge on any atom is 0.242 e. The molecule has 1 atom stereocenters. The van der Waals surface area contributed by atoms with Crippen LogP contribution in [-0.4, -0.2) is 26.2 Å². The molecule has 0 saturated heterocycles. The Bertz CT molecular complexity index is 519. The molecule has 5 nitrogen and oxygen atoms in total. The van der Waals surface area contributed by atoms with Crippen molar-refractivity contribution in [2.75, 3.05) is 12.3 Å². The highest BCUT2D eigenvalue weighted by Gasteiger charge is 2.19. The molecule has 0 fully saturated rings. The monoisotopic (exact) mass is 326 g/mol. The summed E-state index contributed by atoms with van der Waals surface area (Å²) in [6.07, 6.45) is -0.824. The highest BCUT2D eigenvalue weighted by atomic mass is 79.9. The lowest BCUT2D eigenvalue weighted by molar-refractivity contribution is 0.198. The Morgan fingerprint density at radius 2 is 2.18 bits per heavy atom. The Morgan fingerprint density at radius 3 is 2.71 bits per heavy atom. The van der Waals surface area contributed by atoms with Gasteiger partial charge in [0.1, 0.15) is 10.7 Å². The first-order valence-corrected chi connectivity index (χ1v) is 6.94. The number of halogens is 2. The van der Waals surface area contributed by atoms with Crippen LogP contribution in [0.3, 0.4) is 0 Å². The van der Waals surface area contributed by atoms with Crippen LogP contribution < -0.4 is 10.5 Å². The second kappa shape index (κ2) is 5.30. The number of aliphatic hydroxyl groups is 1. The first-order valence-electron chi connectivity index (χ1n) is 4.66. The van der Waals surface area contributed by atoms with Crippen molar-refractivity contribution in [3.63, 3.8) is 0 Å². The number of anilines is 1. The van der Waals surface area contributed by atoms with Crippen LogP contribution in [0.25, 0.3) is 0 Å². The lowest BCUT2D eigenvalue weighted by atomic mass is 10.3. The van der Waals surface area contributed by atoms with Crippen LogP contribution in [0.2, 0.25) is 0 Å². The van der Waals surface area contributed by atoms with Crippen LogP contribution in [0, 0.1) is 5.82 Å². The summed E-state index contributed by atoms with van der Waals surface area (Å²) in [7, 11) is -3.86. The second-order valence-electron chi connectivity index (χ2n) is 3.51. The normalized spacial score (nSPS) is 13.6. The SMILES string of the molecule is C[C@@H](O)CNS(=O)(=O)c1cc(Br)c(F)cc1N. The Hall–Kier alpha value is -0.700. The van der Waals surface area contributed by atoms with Gasteiger partial charge in [-0.05, 0) is 35.0 Å². The summed E-state index contributed by atoms with van der Waals surface area (Å²) in [5, 5.41) is 9.00. The molecule has 1 rings (SSSR count). The molecule has 0 bridgehead atoms. The fourth-order valence-corrected chi connectivity index (χ4v) is 2.84. The van der Waals surface area contributed by atoms with Crippen molar-refractivity contribution in [3.05, 3.63) is 22.4 Å². The van der Waals surface area contributed by atoms with Gasteiger partial charge < -0.3 is 10.8 Å². The summed E-state index contributed by atoms with van der Waals surface area (Å²) >= 11 is 2.88. The van der Waals surface area contributed by atoms with E-state index in [1.54, 1.807) is 0 Å². The summed E-state index contributed by atoms with van der Waals surface area (Å²) in [6.45, 7) is 1.29. The van der Waals surface area contributed by atoms with E-state index in [9.17, 15) is 12.8 Å². The number of nitrogens with one attached hydrogen (secondary N) is 1. The summed E-state index contributed by atoms with van der Waals surface area (Å²) < 4.78 is 38.8. The van der Waals surface area contributed by atoms with E-state index in [0.29, 0.717) is 0 Å². The molecule has 4 N–H and O–H groups in total. The van der Waals surface area contributed by atoms with Gasteiger partial charge in [0.15, 0.2) is 0 Å². The highest BCUT2D eigenvalue weighted by Crippen LogP contribution is 2.25. The van der Waals surface area contributed by atoms with Gasteiger partial charge in [0.05, 0.1) is 16.3 Å². The number of rotatable bonds is 4. The average Bonchev–Trinajstić information content (AvgIpc) is 2.20. The minimum atomic E-state index is -3.86. The van der Waals surface area contributed by atoms with E-state index in [0.717, 1.165) is 12.1 Å². The molecule has 1 aromatic rings. The van der Waals surface area contributed by atoms with Crippen LogP contribution in [-0.2, 0) is 10.0 Å². The molecule has 96 valence electrons. The smallest absolute Gasteiger partial charge is 0.242 e. The minimum absolute atomic E-state index is 0.00382. The van der Waals surface area contributed by atoms with Gasteiger partial charge >= 0.3 is 0 Å². The van der Waals surface area contributed by atoms with E-state index >= 15 is 0 Å². The van der Waals surface area contributed by atoms with E-state index in [-0.39, 0.29) is 21.6 Å². The zero-order valence-corrected chi connectivity index (χ0v) is 11.3. The predicted molar refractivity (Wildman–Crippen MR) is 65.4 cm³/mol. The van der Waals surface area contributed by atoms with Gasteiger partial charge in [-0.25, -0.2) is 17.5 Å². The summed E-state index contributed by atoms with van der Waals surface area (Å²) in [6, 6.07) is 2.00. The van der Waals surface area contributed by atoms with Crippen molar-refractivity contribution in [2.24, 2.45) is 0 Å². The van der Waals surface area contributed by atoms with Gasteiger partial charge in [-0.2, -0.15) is 0 Å². The maximum atomic E-state index is 13.1. The summed E-state index contributed by atoms with van der Waals surface area (Å²) in [5.41, 5.74) is 5.25. The first-order chi connectivity index (χ1) is 7.74. The number of aliphatic hydroxyl groups excluding tert-OH is 1. The van der Waals surface area contributed by atoms with Gasteiger partial charge in [0.25, 0.3) is 0 Å². The fourth-order valence-electron chi connectivity index (χ4n) is 1.08. The van der Waals surface area contributed by atoms with Crippen molar-refractivity contribution < 1.29 is 17.9 Å². The van der Waals surface area contributed by atoms with Gasteiger partial charge in [-0.1, -0.05) is 0 Å². The number of sulfonamides is 1. The molecule has 0 aliphatic rings. The standard InChI is InChI=1S/C9H12BrFN2O3S/c1-5(14)4-13-17(15,16)9-2-6(10)7(11)3-8(9)12/h2-3,5,13-14H,4,12H2,1H3/t5-/m1/s1. The third kappa shape index (κ3) is 3.63. The number of hydrogen-bond donors (Lipinski definition) is 3. The van der Waals surface area contributed by atoms with Crippen LogP contribution >= 0.6 is 15.9 Å². The topological polar surface area (TPSA) is 92.4 Å². The molecule has 1 aromatic carbocycles. The summed E-state index contributed by atoms with van der Waals surface area (Å²) in [4.78, 5) is -0.230. The quantitative estimate of drug-likeness (QED) is 0.714. The number of benzene rings is 1. The molecule has 0 spiro atoms. The molecule has 0 aliphatic heterocycles. The zero-order chi connectivity index (χ0) is 13.2. The molecule has 0 aromatic heterocycles. The van der Waals surface area contributed by atoms with E-state index in [2.05, 4.69) is 20.7 Å². The second-order valence-corrected chi connectivity index (χ2v) is 6.09. The number of nitrogen functional groups attached to an aromatic ring is 1. The first kappa shape index (κ1) is 14.4. The maximum absolute atomic E-state index is 13.1. The molecule has 8 heteroatoms. The van der Waals surface area contributed by atoms with E-state index in [1.807, 2.05) is 0 Å². The van der Waals surface area contributed by atoms with Crippen LogP contribution in [0.5, 0.6) is 0 Å². The third-order valence-electron chi connectivity index (χ3n) is 1.91. The largest absolute Gasteiger partial charge is 0.398 e. The molecule has 0 saturated carbocycles. The van der Waals surface area contributed by atoms with E-state index in [1.165, 1.54) is 6.92 Å². The van der Waals surface area contributed by atoms with Crippen molar-refractivity contribution in [3.8, 4) is 0 Å². The minimum Gasteiger partial charge on any atom is -0.398 e. The van der Waals surface area contributed by atoms with Crippen molar-refractivity contribution in [1.82, 2.24) is 4.72 Å². The molecular formula is C9H12BrFN2O3S. The Labute approximate surface area is 107 Å². The highest BCUT2D eigenvalue weighted by molar-refractivity contribution is 9.10. The Balaban J connectivity index is 3.11. The predicted octanol–water partition coefficient (Wildman–Crippen LogP) is 0.830. The van der Waals surface area contributed by atoms with Gasteiger partial charge in [-0.3, -0.25) is 0 Å². The van der Waals surface area contributed by atoms with Crippen molar-refractivity contribution >= 4 is 31.6 Å². The van der Waals surface area contributed by atoms with Gasteiger partial charge in [0, 0.05) is 6.54 Å². The van der Waals surface area contributed by atoms with Gasteiger partial charge in [0.2, 0.25) is 10.0 Å². The van der Waals surface area contributed by atoms with Crippen LogP contribution in [0.15, 0.2) is 21.5 Å². The van der Waals surface area contributed by atoms with Crippen LogP contribution in [0.1, 0.15) is 6.92 Å². The Morgan fingerprint density at radius 1 is 1.59 bits per heavy atom. The van der Waals surface area contributed by atoms with Crippen LogP contribution in [0.4, 0.5) is 10.1 Å². The van der Waals surface area contributed by atoms with Gasteiger partial charge in [-0.15, -0.1) is 0 Å². The average molecular weight is 327 g/mol. The fraction of sp³-hybridized carbons (Fsp3) is 0.333. The van der Waals surface area contributed by atoms with Crippen molar-refractivity contribution in [1.29, 1.82) is 0 Å². The molecule has 0 aliphatic carbocycles. The molecule has 17 heavy (non-hydrogen) atoms. The van der Waals surface area contributed by atoms with E-state index in [4.69, 9.17) is 10.8 Å². The lowest BCUT2D eigenvalue weighted by Gasteiger charge is -2.11.